The van der Waals surface area contributed by atoms with Crippen molar-refractivity contribution < 1.29 is 20.1 Å². The number of fused-ring (bicyclic) bond motifs is 1. The van der Waals surface area contributed by atoms with Gasteiger partial charge in [-0.1, -0.05) is 26.5 Å². The van der Waals surface area contributed by atoms with Gasteiger partial charge in [-0.05, 0) is 35.7 Å². The SMILES string of the molecule is C=C(C(=O)O)[C@@H]1CC=C2[C@@H](O)C[C@@H](O)[C@@H](C)[C@@]2(C)C1. The van der Waals surface area contributed by atoms with E-state index >= 15 is 0 Å². The Kier molecular flexibility index (Phi) is 3.58. The van der Waals surface area contributed by atoms with Crippen LogP contribution in [0, 0.1) is 17.3 Å². The van der Waals surface area contributed by atoms with Crippen LogP contribution in [0.1, 0.15) is 33.1 Å². The minimum absolute atomic E-state index is 0.00606. The molecule has 0 aromatic carbocycles. The zero-order chi connectivity index (χ0) is 14.4. The fraction of sp³-hybridized carbons (Fsp3) is 0.667. The van der Waals surface area contributed by atoms with Gasteiger partial charge in [0.15, 0.2) is 0 Å². The van der Waals surface area contributed by atoms with E-state index in [9.17, 15) is 15.0 Å². The maximum atomic E-state index is 11.1. The predicted molar refractivity (Wildman–Crippen MR) is 71.5 cm³/mol. The first kappa shape index (κ1) is 14.3. The Hall–Kier alpha value is -1.13. The summed E-state index contributed by atoms with van der Waals surface area (Å²) in [4.78, 5) is 11.1. The minimum atomic E-state index is -0.963. The highest BCUT2D eigenvalue weighted by Crippen LogP contribution is 2.53. The average Bonchev–Trinajstić information content (AvgIpc) is 2.34. The normalized spacial score (nSPS) is 42.2. The number of allylic oxidation sites excluding steroid dienone is 1. The molecule has 0 bridgehead atoms. The summed E-state index contributed by atoms with van der Waals surface area (Å²) in [6, 6.07) is 0. The van der Waals surface area contributed by atoms with E-state index in [2.05, 4.69) is 6.58 Å². The smallest absolute Gasteiger partial charge is 0.331 e. The highest BCUT2D eigenvalue weighted by molar-refractivity contribution is 5.86. The van der Waals surface area contributed by atoms with Crippen LogP contribution in [0.2, 0.25) is 0 Å². The van der Waals surface area contributed by atoms with E-state index in [1.807, 2.05) is 19.9 Å². The van der Waals surface area contributed by atoms with E-state index in [0.717, 1.165) is 5.57 Å². The molecule has 106 valence electrons. The second kappa shape index (κ2) is 4.76. The number of carbonyl (C=O) groups is 1. The molecule has 0 saturated heterocycles. The molecular formula is C15H22O4. The molecule has 4 heteroatoms. The van der Waals surface area contributed by atoms with Gasteiger partial charge in [0.05, 0.1) is 12.2 Å². The van der Waals surface area contributed by atoms with Crippen LogP contribution in [0.5, 0.6) is 0 Å². The predicted octanol–water partition coefficient (Wildman–Crippen LogP) is 1.73. The molecule has 2 aliphatic carbocycles. The Morgan fingerprint density at radius 2 is 2.11 bits per heavy atom. The zero-order valence-corrected chi connectivity index (χ0v) is 11.5. The third-order valence-corrected chi connectivity index (χ3v) is 5.13. The topological polar surface area (TPSA) is 77.8 Å². The second-order valence-electron chi connectivity index (χ2n) is 6.15. The van der Waals surface area contributed by atoms with Gasteiger partial charge < -0.3 is 15.3 Å². The Balaban J connectivity index is 2.32. The average molecular weight is 266 g/mol. The maximum Gasteiger partial charge on any atom is 0.331 e. The summed E-state index contributed by atoms with van der Waals surface area (Å²) in [6.07, 6.45) is 2.39. The summed E-state index contributed by atoms with van der Waals surface area (Å²) in [5, 5.41) is 29.3. The molecule has 1 saturated carbocycles. The minimum Gasteiger partial charge on any atom is -0.478 e. The van der Waals surface area contributed by atoms with Crippen molar-refractivity contribution in [3.63, 3.8) is 0 Å². The van der Waals surface area contributed by atoms with Gasteiger partial charge >= 0.3 is 5.97 Å². The van der Waals surface area contributed by atoms with E-state index in [-0.39, 0.29) is 22.8 Å². The van der Waals surface area contributed by atoms with Gasteiger partial charge in [0.25, 0.3) is 0 Å². The van der Waals surface area contributed by atoms with Crippen molar-refractivity contribution in [2.45, 2.75) is 45.3 Å². The summed E-state index contributed by atoms with van der Waals surface area (Å²) >= 11 is 0. The molecular weight excluding hydrogens is 244 g/mol. The number of aliphatic hydroxyl groups is 2. The van der Waals surface area contributed by atoms with E-state index in [1.54, 1.807) is 0 Å². The van der Waals surface area contributed by atoms with Crippen molar-refractivity contribution in [2.75, 3.05) is 0 Å². The van der Waals surface area contributed by atoms with Crippen LogP contribution in [0.3, 0.4) is 0 Å². The van der Waals surface area contributed by atoms with Gasteiger partial charge in [-0.3, -0.25) is 0 Å². The van der Waals surface area contributed by atoms with Crippen molar-refractivity contribution >= 4 is 5.97 Å². The van der Waals surface area contributed by atoms with Crippen LogP contribution in [-0.4, -0.2) is 33.5 Å². The summed E-state index contributed by atoms with van der Waals surface area (Å²) in [5.74, 6) is -1.08. The molecule has 4 nitrogen and oxygen atoms in total. The second-order valence-corrected chi connectivity index (χ2v) is 6.15. The molecule has 0 radical (unpaired) electrons. The number of aliphatic hydroxyl groups excluding tert-OH is 2. The Morgan fingerprint density at radius 3 is 2.68 bits per heavy atom. The third kappa shape index (κ3) is 2.23. The first-order chi connectivity index (χ1) is 8.77. The van der Waals surface area contributed by atoms with E-state index < -0.39 is 18.2 Å². The lowest BCUT2D eigenvalue weighted by atomic mass is 9.56. The lowest BCUT2D eigenvalue weighted by Gasteiger charge is -2.50. The number of carboxylic acids is 1. The summed E-state index contributed by atoms with van der Waals surface area (Å²) in [6.45, 7) is 7.63. The Bertz CT molecular complexity index is 439. The van der Waals surface area contributed by atoms with Gasteiger partial charge in [-0.15, -0.1) is 0 Å². The molecule has 0 aromatic rings. The monoisotopic (exact) mass is 266 g/mol. The first-order valence-corrected chi connectivity index (χ1v) is 6.76. The molecule has 0 unspecified atom stereocenters. The van der Waals surface area contributed by atoms with E-state index in [1.165, 1.54) is 0 Å². The molecule has 19 heavy (non-hydrogen) atoms. The third-order valence-electron chi connectivity index (χ3n) is 5.13. The van der Waals surface area contributed by atoms with Crippen LogP contribution in [0.15, 0.2) is 23.8 Å². The summed E-state index contributed by atoms with van der Waals surface area (Å²) < 4.78 is 0. The number of rotatable bonds is 2. The molecule has 0 amide bonds. The van der Waals surface area contributed by atoms with Crippen LogP contribution in [0.25, 0.3) is 0 Å². The van der Waals surface area contributed by atoms with Crippen molar-refractivity contribution in [2.24, 2.45) is 17.3 Å². The summed E-state index contributed by atoms with van der Waals surface area (Å²) in [5.41, 5.74) is 0.830. The number of aliphatic carboxylic acids is 1. The largest absolute Gasteiger partial charge is 0.478 e. The Morgan fingerprint density at radius 1 is 1.47 bits per heavy atom. The van der Waals surface area contributed by atoms with Gasteiger partial charge in [-0.2, -0.15) is 0 Å². The maximum absolute atomic E-state index is 11.1. The molecule has 0 spiro atoms. The molecule has 0 aliphatic heterocycles. The molecule has 0 aromatic heterocycles. The molecule has 2 aliphatic rings. The fourth-order valence-electron chi connectivity index (χ4n) is 3.61. The Labute approximate surface area is 113 Å². The number of hydrogen-bond acceptors (Lipinski definition) is 3. The standard InChI is InChI=1S/C15H22O4/c1-8(14(18)19)10-4-5-11-13(17)6-12(16)9(2)15(11,3)7-10/h5,9-10,12-13,16-17H,1,4,6-7H2,2-3H3,(H,18,19)/t9-,10-,12-,13+,15-/m1/s1. The number of carboxylic acid groups (broad SMARTS) is 1. The van der Waals surface area contributed by atoms with Gasteiger partial charge in [0.2, 0.25) is 0 Å². The lowest BCUT2D eigenvalue weighted by Crippen LogP contribution is -2.48. The summed E-state index contributed by atoms with van der Waals surface area (Å²) in [7, 11) is 0. The fourth-order valence-corrected chi connectivity index (χ4v) is 3.61. The van der Waals surface area contributed by atoms with Crippen LogP contribution in [-0.2, 0) is 4.79 Å². The van der Waals surface area contributed by atoms with Crippen LogP contribution < -0.4 is 0 Å². The van der Waals surface area contributed by atoms with Crippen LogP contribution >= 0.6 is 0 Å². The van der Waals surface area contributed by atoms with E-state index in [0.29, 0.717) is 19.3 Å². The lowest BCUT2D eigenvalue weighted by molar-refractivity contribution is -0.133. The zero-order valence-electron chi connectivity index (χ0n) is 11.5. The molecule has 3 N–H and O–H groups in total. The van der Waals surface area contributed by atoms with Crippen molar-refractivity contribution in [3.05, 3.63) is 23.8 Å². The van der Waals surface area contributed by atoms with Crippen molar-refractivity contribution in [1.82, 2.24) is 0 Å². The number of hydrogen-bond donors (Lipinski definition) is 3. The molecule has 1 fully saturated rings. The van der Waals surface area contributed by atoms with Gasteiger partial charge in [0, 0.05) is 12.0 Å². The van der Waals surface area contributed by atoms with Gasteiger partial charge in [-0.25, -0.2) is 4.79 Å². The molecule has 2 rings (SSSR count). The molecule has 0 heterocycles. The first-order valence-electron chi connectivity index (χ1n) is 6.76. The van der Waals surface area contributed by atoms with Crippen LogP contribution in [0.4, 0.5) is 0 Å². The quantitative estimate of drug-likeness (QED) is 0.525. The van der Waals surface area contributed by atoms with E-state index in [4.69, 9.17) is 5.11 Å². The highest BCUT2D eigenvalue weighted by Gasteiger charge is 2.49. The van der Waals surface area contributed by atoms with Crippen molar-refractivity contribution in [3.8, 4) is 0 Å². The van der Waals surface area contributed by atoms with Gasteiger partial charge in [0.1, 0.15) is 0 Å². The highest BCUT2D eigenvalue weighted by atomic mass is 16.4. The van der Waals surface area contributed by atoms with Crippen molar-refractivity contribution in [1.29, 1.82) is 0 Å². The molecule has 5 atom stereocenters.